The molecule has 0 aliphatic carbocycles. The predicted molar refractivity (Wildman–Crippen MR) is 90.9 cm³/mol. The molecule has 0 unspecified atom stereocenters. The number of morpholine rings is 1. The Bertz CT molecular complexity index is 511. The summed E-state index contributed by atoms with van der Waals surface area (Å²) in [6.07, 6.45) is 1.12. The summed E-state index contributed by atoms with van der Waals surface area (Å²) in [6.45, 7) is 4.19. The van der Waals surface area contributed by atoms with E-state index in [1.165, 1.54) is 0 Å². The number of nitrogens with zero attached hydrogens (tertiary/aromatic N) is 1. The number of carbonyl (C=O) groups is 1. The van der Waals surface area contributed by atoms with Crippen molar-refractivity contribution in [2.24, 2.45) is 0 Å². The quantitative estimate of drug-likeness (QED) is 0.913. The van der Waals surface area contributed by atoms with E-state index in [0.29, 0.717) is 17.1 Å². The Hall–Kier alpha value is -0.750. The third-order valence-corrected chi connectivity index (χ3v) is 5.94. The van der Waals surface area contributed by atoms with Gasteiger partial charge in [-0.25, -0.2) is 0 Å². The lowest BCUT2D eigenvalue weighted by molar-refractivity contribution is -0.0129. The van der Waals surface area contributed by atoms with Gasteiger partial charge in [-0.05, 0) is 36.4 Å². The van der Waals surface area contributed by atoms with Gasteiger partial charge < -0.3 is 10.1 Å². The monoisotopic (exact) mass is 340 g/mol. The SMILES string of the molecule is O=C(NC[C@]1(N2CCOCC2)CCSC1)c1ccc(Cl)cc1. The number of rotatable bonds is 4. The van der Waals surface area contributed by atoms with Gasteiger partial charge in [-0.3, -0.25) is 9.69 Å². The summed E-state index contributed by atoms with van der Waals surface area (Å²) in [5.74, 6) is 2.21. The molecule has 120 valence electrons. The number of nitrogens with one attached hydrogen (secondary N) is 1. The van der Waals surface area contributed by atoms with Gasteiger partial charge in [0.25, 0.3) is 5.91 Å². The zero-order valence-corrected chi connectivity index (χ0v) is 14.1. The number of thioether (sulfide) groups is 1. The number of hydrogen-bond donors (Lipinski definition) is 1. The van der Waals surface area contributed by atoms with Crippen LogP contribution in [0.2, 0.25) is 5.02 Å². The molecule has 1 amide bonds. The zero-order valence-electron chi connectivity index (χ0n) is 12.5. The molecular weight excluding hydrogens is 320 g/mol. The van der Waals surface area contributed by atoms with Gasteiger partial charge in [-0.2, -0.15) is 11.8 Å². The van der Waals surface area contributed by atoms with Crippen LogP contribution >= 0.6 is 23.4 Å². The second kappa shape index (κ2) is 7.21. The average Bonchev–Trinajstić information content (AvgIpc) is 3.04. The normalized spacial score (nSPS) is 26.0. The zero-order chi connectivity index (χ0) is 15.4. The molecule has 0 bridgehead atoms. The van der Waals surface area contributed by atoms with Crippen molar-refractivity contribution in [1.82, 2.24) is 10.2 Å². The van der Waals surface area contributed by atoms with Crippen LogP contribution in [0.1, 0.15) is 16.8 Å². The fourth-order valence-corrected chi connectivity index (χ4v) is 4.69. The minimum atomic E-state index is -0.0267. The molecule has 2 aliphatic rings. The first-order valence-corrected chi connectivity index (χ1v) is 9.17. The van der Waals surface area contributed by atoms with Gasteiger partial charge in [0.15, 0.2) is 0 Å². The van der Waals surface area contributed by atoms with Gasteiger partial charge in [-0.1, -0.05) is 11.6 Å². The number of hydrogen-bond acceptors (Lipinski definition) is 4. The number of amides is 1. The fourth-order valence-electron chi connectivity index (χ4n) is 3.08. The van der Waals surface area contributed by atoms with Gasteiger partial charge >= 0.3 is 0 Å². The first-order chi connectivity index (χ1) is 10.7. The van der Waals surface area contributed by atoms with Crippen LogP contribution in [0.25, 0.3) is 0 Å². The molecule has 1 aromatic rings. The van der Waals surface area contributed by atoms with Crippen LogP contribution in [-0.2, 0) is 4.74 Å². The van der Waals surface area contributed by atoms with Crippen LogP contribution < -0.4 is 5.32 Å². The van der Waals surface area contributed by atoms with Crippen LogP contribution in [0.15, 0.2) is 24.3 Å². The Balaban J connectivity index is 1.64. The summed E-state index contributed by atoms with van der Waals surface area (Å²) in [5.41, 5.74) is 0.739. The van der Waals surface area contributed by atoms with Crippen molar-refractivity contribution in [3.8, 4) is 0 Å². The first-order valence-electron chi connectivity index (χ1n) is 7.64. The fraction of sp³-hybridized carbons (Fsp3) is 0.562. The third kappa shape index (κ3) is 3.59. The van der Waals surface area contributed by atoms with Gasteiger partial charge in [0, 0.05) is 41.5 Å². The molecule has 1 atom stereocenters. The van der Waals surface area contributed by atoms with E-state index in [9.17, 15) is 4.79 Å². The summed E-state index contributed by atoms with van der Waals surface area (Å²) >= 11 is 7.84. The highest BCUT2D eigenvalue weighted by atomic mass is 35.5. The van der Waals surface area contributed by atoms with E-state index in [-0.39, 0.29) is 11.4 Å². The molecule has 2 heterocycles. The van der Waals surface area contributed by atoms with E-state index in [4.69, 9.17) is 16.3 Å². The van der Waals surface area contributed by atoms with Gasteiger partial charge in [0.2, 0.25) is 0 Å². The summed E-state index contributed by atoms with van der Waals surface area (Å²) in [5, 5.41) is 3.77. The second-order valence-electron chi connectivity index (χ2n) is 5.82. The first kappa shape index (κ1) is 16.1. The van der Waals surface area contributed by atoms with Crippen molar-refractivity contribution in [3.63, 3.8) is 0 Å². The topological polar surface area (TPSA) is 41.6 Å². The Morgan fingerprint density at radius 3 is 2.68 bits per heavy atom. The predicted octanol–water partition coefficient (Wildman–Crippen LogP) is 2.28. The molecule has 3 rings (SSSR count). The standard InChI is InChI=1S/C16H21ClN2O2S/c17-14-3-1-13(2-4-14)15(20)18-11-16(5-10-22-12-16)19-6-8-21-9-7-19/h1-4H,5-12H2,(H,18,20)/t16-/m1/s1. The van der Waals surface area contributed by atoms with Gasteiger partial charge in [0.1, 0.15) is 0 Å². The minimum Gasteiger partial charge on any atom is -0.379 e. The van der Waals surface area contributed by atoms with Crippen LogP contribution in [0, 0.1) is 0 Å². The van der Waals surface area contributed by atoms with Gasteiger partial charge in [0.05, 0.1) is 13.2 Å². The van der Waals surface area contributed by atoms with E-state index in [1.54, 1.807) is 24.3 Å². The molecule has 0 spiro atoms. The van der Waals surface area contributed by atoms with Crippen molar-refractivity contribution in [2.45, 2.75) is 12.0 Å². The lowest BCUT2D eigenvalue weighted by atomic mass is 9.95. The Morgan fingerprint density at radius 1 is 1.32 bits per heavy atom. The number of ether oxygens (including phenoxy) is 1. The van der Waals surface area contributed by atoms with Crippen molar-refractivity contribution in [3.05, 3.63) is 34.9 Å². The summed E-state index contributed by atoms with van der Waals surface area (Å²) in [6, 6.07) is 7.03. The number of carbonyl (C=O) groups excluding carboxylic acids is 1. The van der Waals surface area contributed by atoms with Crippen LogP contribution in [-0.4, -0.2) is 60.7 Å². The van der Waals surface area contributed by atoms with Crippen molar-refractivity contribution in [1.29, 1.82) is 0 Å². The lowest BCUT2D eigenvalue weighted by Crippen LogP contribution is -2.59. The Morgan fingerprint density at radius 2 is 2.05 bits per heavy atom. The van der Waals surface area contributed by atoms with Crippen molar-refractivity contribution < 1.29 is 9.53 Å². The Kier molecular flexibility index (Phi) is 5.29. The molecule has 1 N–H and O–H groups in total. The van der Waals surface area contributed by atoms with E-state index in [2.05, 4.69) is 10.2 Å². The number of benzene rings is 1. The highest BCUT2D eigenvalue weighted by molar-refractivity contribution is 7.99. The molecule has 2 aliphatic heterocycles. The molecule has 2 saturated heterocycles. The second-order valence-corrected chi connectivity index (χ2v) is 7.36. The summed E-state index contributed by atoms with van der Waals surface area (Å²) < 4.78 is 5.46. The maximum Gasteiger partial charge on any atom is 0.251 e. The molecule has 6 heteroatoms. The molecular formula is C16H21ClN2O2S. The van der Waals surface area contributed by atoms with Crippen LogP contribution in [0.3, 0.4) is 0 Å². The molecule has 1 aromatic carbocycles. The molecule has 22 heavy (non-hydrogen) atoms. The van der Waals surface area contributed by atoms with E-state index in [1.807, 2.05) is 11.8 Å². The molecule has 0 saturated carbocycles. The molecule has 2 fully saturated rings. The third-order valence-electron chi connectivity index (χ3n) is 4.45. The number of halogens is 1. The average molecular weight is 341 g/mol. The highest BCUT2D eigenvalue weighted by Crippen LogP contribution is 2.33. The maximum atomic E-state index is 12.3. The van der Waals surface area contributed by atoms with E-state index < -0.39 is 0 Å². The van der Waals surface area contributed by atoms with Crippen molar-refractivity contribution in [2.75, 3.05) is 44.4 Å². The van der Waals surface area contributed by atoms with Gasteiger partial charge in [-0.15, -0.1) is 0 Å². The maximum absolute atomic E-state index is 12.3. The molecule has 0 radical (unpaired) electrons. The van der Waals surface area contributed by atoms with Crippen LogP contribution in [0.4, 0.5) is 0 Å². The lowest BCUT2D eigenvalue weighted by Gasteiger charge is -2.43. The van der Waals surface area contributed by atoms with E-state index >= 15 is 0 Å². The van der Waals surface area contributed by atoms with Crippen LogP contribution in [0.5, 0.6) is 0 Å². The summed E-state index contributed by atoms with van der Waals surface area (Å²) in [7, 11) is 0. The Labute approximate surface area is 140 Å². The minimum absolute atomic E-state index is 0.0267. The van der Waals surface area contributed by atoms with Crippen molar-refractivity contribution >= 4 is 29.3 Å². The largest absolute Gasteiger partial charge is 0.379 e. The highest BCUT2D eigenvalue weighted by Gasteiger charge is 2.40. The van der Waals surface area contributed by atoms with E-state index in [0.717, 1.165) is 44.2 Å². The molecule has 0 aromatic heterocycles. The summed E-state index contributed by atoms with van der Waals surface area (Å²) in [4.78, 5) is 14.8. The molecule has 4 nitrogen and oxygen atoms in total. The smallest absolute Gasteiger partial charge is 0.251 e.